The number of aromatic nitrogens is 2. The van der Waals surface area contributed by atoms with Gasteiger partial charge in [-0.3, -0.25) is 9.59 Å². The van der Waals surface area contributed by atoms with Crippen molar-refractivity contribution in [2.45, 2.75) is 18.4 Å². The maximum atomic E-state index is 12.8. The van der Waals surface area contributed by atoms with Crippen LogP contribution in [-0.2, 0) is 0 Å². The molecular weight excluding hydrogens is 340 g/mol. The van der Waals surface area contributed by atoms with Gasteiger partial charge in [-0.25, -0.2) is 0 Å². The highest BCUT2D eigenvalue weighted by molar-refractivity contribution is 6.05. The Morgan fingerprint density at radius 1 is 1.15 bits per heavy atom. The zero-order valence-corrected chi connectivity index (χ0v) is 14.9. The van der Waals surface area contributed by atoms with Gasteiger partial charge in [0.1, 0.15) is 0 Å². The Kier molecular flexibility index (Phi) is 3.86. The summed E-state index contributed by atoms with van der Waals surface area (Å²) in [5.41, 5.74) is 2.58. The quantitative estimate of drug-likeness (QED) is 0.667. The Labute approximate surface area is 156 Å². The van der Waals surface area contributed by atoms with Gasteiger partial charge in [0.25, 0.3) is 11.5 Å². The Hall–Kier alpha value is -2.86. The summed E-state index contributed by atoms with van der Waals surface area (Å²) in [6.07, 6.45) is 2.90. The summed E-state index contributed by atoms with van der Waals surface area (Å²) in [6.45, 7) is 2.24. The highest BCUT2D eigenvalue weighted by atomic mass is 16.1. The highest BCUT2D eigenvalue weighted by Crippen LogP contribution is 2.38. The van der Waals surface area contributed by atoms with Gasteiger partial charge in [-0.15, -0.1) is 0 Å². The molecule has 2 bridgehead atoms. The molecule has 1 fully saturated rings. The third-order valence-corrected chi connectivity index (χ3v) is 6.00. The summed E-state index contributed by atoms with van der Waals surface area (Å²) < 4.78 is 1.91. The molecule has 1 amide bonds. The summed E-state index contributed by atoms with van der Waals surface area (Å²) in [6, 6.07) is 13.1. The number of fused-ring (bicyclic) bond motifs is 5. The van der Waals surface area contributed by atoms with E-state index in [2.05, 4.69) is 15.6 Å². The molecule has 3 N–H and O–H groups in total. The summed E-state index contributed by atoms with van der Waals surface area (Å²) in [7, 11) is 0. The molecule has 2 aromatic heterocycles. The molecule has 0 unspecified atom stereocenters. The molecule has 1 saturated heterocycles. The monoisotopic (exact) mass is 362 g/mol. The molecule has 3 atom stereocenters. The van der Waals surface area contributed by atoms with E-state index in [1.54, 1.807) is 6.07 Å². The van der Waals surface area contributed by atoms with E-state index in [0.717, 1.165) is 36.1 Å². The van der Waals surface area contributed by atoms with E-state index in [4.69, 9.17) is 0 Å². The minimum absolute atomic E-state index is 0.0230. The van der Waals surface area contributed by atoms with Crippen LogP contribution in [0.1, 0.15) is 34.4 Å². The Morgan fingerprint density at radius 3 is 2.96 bits per heavy atom. The Morgan fingerprint density at radius 2 is 2.04 bits per heavy atom. The fourth-order valence-electron chi connectivity index (χ4n) is 4.73. The lowest BCUT2D eigenvalue weighted by atomic mass is 9.79. The van der Waals surface area contributed by atoms with E-state index >= 15 is 0 Å². The number of H-pyrrole nitrogens is 1. The minimum atomic E-state index is -0.112. The normalized spacial score (nSPS) is 23.8. The van der Waals surface area contributed by atoms with E-state index in [-0.39, 0.29) is 17.5 Å². The molecule has 4 heterocycles. The van der Waals surface area contributed by atoms with Crippen LogP contribution in [-0.4, -0.2) is 35.1 Å². The number of para-hydroxylation sites is 1. The molecule has 5 rings (SSSR count). The molecule has 2 aliphatic rings. The lowest BCUT2D eigenvalue weighted by Gasteiger charge is -2.43. The zero-order chi connectivity index (χ0) is 18.4. The van der Waals surface area contributed by atoms with Gasteiger partial charge in [0.2, 0.25) is 0 Å². The number of amides is 1. The SMILES string of the molecule is O=C(NC[C@H]1[C@@H]2CNC[C@@H](C2)c2cccc(=O)n21)c1cccc2cc[nH]c12. The summed E-state index contributed by atoms with van der Waals surface area (Å²) in [4.78, 5) is 28.6. The van der Waals surface area contributed by atoms with Crippen LogP contribution in [0.15, 0.2) is 53.5 Å². The fraction of sp³-hybridized carbons (Fsp3) is 0.333. The molecule has 2 aliphatic heterocycles. The van der Waals surface area contributed by atoms with Gasteiger partial charge >= 0.3 is 0 Å². The summed E-state index contributed by atoms with van der Waals surface area (Å²) >= 11 is 0. The molecule has 0 spiro atoms. The van der Waals surface area contributed by atoms with Crippen LogP contribution in [0.2, 0.25) is 0 Å². The predicted molar refractivity (Wildman–Crippen MR) is 104 cm³/mol. The topological polar surface area (TPSA) is 78.9 Å². The van der Waals surface area contributed by atoms with Crippen molar-refractivity contribution in [2.75, 3.05) is 19.6 Å². The van der Waals surface area contributed by atoms with Crippen molar-refractivity contribution in [1.29, 1.82) is 0 Å². The minimum Gasteiger partial charge on any atom is -0.361 e. The largest absolute Gasteiger partial charge is 0.361 e. The average molecular weight is 362 g/mol. The first-order valence-corrected chi connectivity index (χ1v) is 9.49. The van der Waals surface area contributed by atoms with Crippen molar-refractivity contribution < 1.29 is 4.79 Å². The van der Waals surface area contributed by atoms with Crippen LogP contribution in [0.3, 0.4) is 0 Å². The Bertz CT molecular complexity index is 1070. The maximum Gasteiger partial charge on any atom is 0.253 e. The van der Waals surface area contributed by atoms with Gasteiger partial charge < -0.3 is 20.2 Å². The second-order valence-electron chi connectivity index (χ2n) is 7.53. The number of nitrogens with zero attached hydrogens (tertiary/aromatic N) is 1. The van der Waals surface area contributed by atoms with Crippen molar-refractivity contribution in [1.82, 2.24) is 20.2 Å². The first-order chi connectivity index (χ1) is 13.2. The average Bonchev–Trinajstić information content (AvgIpc) is 3.17. The second kappa shape index (κ2) is 6.39. The van der Waals surface area contributed by atoms with Gasteiger partial charge in [0.15, 0.2) is 0 Å². The van der Waals surface area contributed by atoms with Gasteiger partial charge in [-0.1, -0.05) is 18.2 Å². The zero-order valence-electron chi connectivity index (χ0n) is 14.9. The molecule has 6 heteroatoms. The van der Waals surface area contributed by atoms with E-state index in [1.807, 2.05) is 47.2 Å². The number of benzene rings is 1. The number of aromatic amines is 1. The van der Waals surface area contributed by atoms with Crippen molar-refractivity contribution in [3.05, 3.63) is 70.3 Å². The molecule has 6 nitrogen and oxygen atoms in total. The van der Waals surface area contributed by atoms with Gasteiger partial charge in [0.05, 0.1) is 17.1 Å². The number of pyridine rings is 1. The van der Waals surface area contributed by atoms with Crippen LogP contribution < -0.4 is 16.2 Å². The summed E-state index contributed by atoms with van der Waals surface area (Å²) in [5.74, 6) is 0.606. The van der Waals surface area contributed by atoms with Crippen molar-refractivity contribution in [2.24, 2.45) is 5.92 Å². The van der Waals surface area contributed by atoms with Crippen molar-refractivity contribution in [3.8, 4) is 0 Å². The van der Waals surface area contributed by atoms with E-state index < -0.39 is 0 Å². The smallest absolute Gasteiger partial charge is 0.253 e. The number of carbonyl (C=O) groups is 1. The van der Waals surface area contributed by atoms with Crippen LogP contribution in [0.4, 0.5) is 0 Å². The summed E-state index contributed by atoms with van der Waals surface area (Å²) in [5, 5.41) is 7.57. The molecule has 0 saturated carbocycles. The number of nitrogens with one attached hydrogen (secondary N) is 3. The standard InChI is InChI=1S/C21H22N4O2/c26-19-6-2-5-17-14-9-15(11-22-10-14)18(25(17)19)12-24-21(27)16-4-1-3-13-7-8-23-20(13)16/h1-8,14-15,18,22-23H,9-12H2,(H,24,27)/t14-,15+,18+/m1/s1. The first-order valence-electron chi connectivity index (χ1n) is 9.49. The maximum absolute atomic E-state index is 12.8. The molecule has 3 aromatic rings. The molecule has 27 heavy (non-hydrogen) atoms. The van der Waals surface area contributed by atoms with Crippen LogP contribution in [0.5, 0.6) is 0 Å². The van der Waals surface area contributed by atoms with Gasteiger partial charge in [-0.2, -0.15) is 0 Å². The predicted octanol–water partition coefficient (Wildman–Crippen LogP) is 2.01. The number of hydrogen-bond donors (Lipinski definition) is 3. The third kappa shape index (κ3) is 2.68. The lowest BCUT2D eigenvalue weighted by Crippen LogP contribution is -2.50. The first kappa shape index (κ1) is 16.3. The number of rotatable bonds is 3. The molecule has 1 aromatic carbocycles. The number of carbonyl (C=O) groups excluding carboxylic acids is 1. The van der Waals surface area contributed by atoms with Crippen molar-refractivity contribution in [3.63, 3.8) is 0 Å². The van der Waals surface area contributed by atoms with E-state index in [9.17, 15) is 9.59 Å². The second-order valence-corrected chi connectivity index (χ2v) is 7.53. The number of piperidine rings is 1. The lowest BCUT2D eigenvalue weighted by molar-refractivity contribution is 0.0933. The molecule has 0 radical (unpaired) electrons. The van der Waals surface area contributed by atoms with Gasteiger partial charge in [-0.05, 0) is 30.5 Å². The molecule has 138 valence electrons. The van der Waals surface area contributed by atoms with Gasteiger partial charge in [0, 0.05) is 48.9 Å². The number of hydrogen-bond acceptors (Lipinski definition) is 3. The molecule has 0 aliphatic carbocycles. The van der Waals surface area contributed by atoms with Crippen molar-refractivity contribution >= 4 is 16.8 Å². The highest BCUT2D eigenvalue weighted by Gasteiger charge is 2.37. The fourth-order valence-corrected chi connectivity index (χ4v) is 4.73. The van der Waals surface area contributed by atoms with Crippen LogP contribution in [0.25, 0.3) is 10.9 Å². The van der Waals surface area contributed by atoms with Crippen LogP contribution in [0, 0.1) is 5.92 Å². The van der Waals surface area contributed by atoms with E-state index in [0.29, 0.717) is 23.9 Å². The third-order valence-electron chi connectivity index (χ3n) is 6.00. The van der Waals surface area contributed by atoms with E-state index in [1.165, 1.54) is 0 Å². The Balaban J connectivity index is 1.44. The molecular formula is C21H22N4O2. The van der Waals surface area contributed by atoms with Crippen LogP contribution >= 0.6 is 0 Å².